The summed E-state index contributed by atoms with van der Waals surface area (Å²) in [6.45, 7) is 7.41. The summed E-state index contributed by atoms with van der Waals surface area (Å²) in [7, 11) is 1.75. The van der Waals surface area contributed by atoms with Crippen molar-refractivity contribution in [3.05, 3.63) is 24.3 Å². The van der Waals surface area contributed by atoms with E-state index in [1.165, 1.54) is 26.3 Å². The summed E-state index contributed by atoms with van der Waals surface area (Å²) in [5, 5.41) is 8.64. The summed E-state index contributed by atoms with van der Waals surface area (Å²) in [4.78, 5) is 12.5. The van der Waals surface area contributed by atoms with E-state index < -0.39 is 0 Å². The van der Waals surface area contributed by atoms with Crippen LogP contribution in [0.5, 0.6) is 0 Å². The van der Waals surface area contributed by atoms with Gasteiger partial charge in [-0.3, -0.25) is 0 Å². The molecule has 78 valence electrons. The monoisotopic (exact) mass is 364 g/mol. The van der Waals surface area contributed by atoms with Crippen LogP contribution in [0, 0.1) is 6.58 Å². The van der Waals surface area contributed by atoms with Crippen molar-refractivity contribution < 1.29 is 29.3 Å². The van der Waals surface area contributed by atoms with Crippen LogP contribution in [0.4, 0.5) is 0 Å². The Labute approximate surface area is 95.5 Å². The van der Waals surface area contributed by atoms with E-state index in [-0.39, 0.29) is 12.5 Å². The van der Waals surface area contributed by atoms with Crippen molar-refractivity contribution in [3.8, 4) is 0 Å². The summed E-state index contributed by atoms with van der Waals surface area (Å²) in [6, 6.07) is 0. The van der Waals surface area contributed by atoms with Crippen molar-refractivity contribution in [2.75, 3.05) is 20.2 Å². The number of amides is 1. The Morgan fingerprint density at radius 3 is 2.57 bits per heavy atom. The number of carbonyl (C=O) groups excluding carboxylic acids is 1. The van der Waals surface area contributed by atoms with Crippen molar-refractivity contribution >= 4 is 9.81 Å². The molecule has 0 aromatic carbocycles. The molecule has 0 atom stereocenters. The third-order valence-electron chi connectivity index (χ3n) is 1.60. The van der Waals surface area contributed by atoms with E-state index in [1.807, 2.05) is 6.08 Å². The molecule has 0 heterocycles. The second kappa shape index (κ2) is 6.85. The number of aliphatic hydroxyl groups excluding tert-OH is 1. The number of carbonyl (C=O) groups is 1. The molecule has 1 amide bonds. The van der Waals surface area contributed by atoms with E-state index in [2.05, 4.69) is 0 Å². The molecule has 0 aromatic rings. The standard InChI is InChI=1S/C10H14NO2.W/c1-9(8-12)6-4-5-7-11(3)10(2)13;/h1,4,6,12H,7-8H2,2-3H3;/q-1;/b6-4-;. The summed E-state index contributed by atoms with van der Waals surface area (Å²) < 4.78 is 1.10. The topological polar surface area (TPSA) is 40.5 Å². The summed E-state index contributed by atoms with van der Waals surface area (Å²) in [5.74, 6) is 0.0382. The number of aliphatic hydroxyl groups is 1. The molecule has 0 saturated heterocycles. The zero-order valence-corrected chi connectivity index (χ0v) is 11.3. The van der Waals surface area contributed by atoms with Gasteiger partial charge in [0, 0.05) is 0 Å². The average molecular weight is 364 g/mol. The van der Waals surface area contributed by atoms with Gasteiger partial charge in [-0.2, -0.15) is 0 Å². The molecule has 0 aliphatic carbocycles. The quantitative estimate of drug-likeness (QED) is 0.555. The van der Waals surface area contributed by atoms with Crippen LogP contribution in [-0.4, -0.2) is 40.0 Å². The number of rotatable bonds is 5. The molecule has 0 aliphatic rings. The molecule has 0 bridgehead atoms. The second-order valence-electron chi connectivity index (χ2n) is 2.91. The Hall–Kier alpha value is -0.532. The van der Waals surface area contributed by atoms with E-state index in [0.29, 0.717) is 12.1 Å². The molecule has 0 radical (unpaired) electrons. The van der Waals surface area contributed by atoms with Gasteiger partial charge in [0.2, 0.25) is 0 Å². The van der Waals surface area contributed by atoms with Crippen molar-refractivity contribution in [3.63, 3.8) is 0 Å². The van der Waals surface area contributed by atoms with E-state index in [0.717, 1.165) is 3.90 Å². The maximum absolute atomic E-state index is 10.9. The van der Waals surface area contributed by atoms with E-state index in [1.54, 1.807) is 18.0 Å². The van der Waals surface area contributed by atoms with Gasteiger partial charge in [0.15, 0.2) is 0 Å². The van der Waals surface area contributed by atoms with Crippen LogP contribution in [-0.2, 0) is 24.1 Å². The van der Waals surface area contributed by atoms with Crippen LogP contribution in [0.1, 0.15) is 6.92 Å². The van der Waals surface area contributed by atoms with Crippen LogP contribution < -0.4 is 0 Å². The van der Waals surface area contributed by atoms with Crippen LogP contribution in [0.3, 0.4) is 0 Å². The van der Waals surface area contributed by atoms with Gasteiger partial charge >= 0.3 is 95.4 Å². The Bertz CT molecular complexity index is 271. The van der Waals surface area contributed by atoms with Crippen LogP contribution in [0.2, 0.25) is 0 Å². The van der Waals surface area contributed by atoms with Crippen molar-refractivity contribution in [1.82, 2.24) is 4.90 Å². The fraction of sp³-hybridized carbons (Fsp3) is 0.400. The van der Waals surface area contributed by atoms with Gasteiger partial charge in [0.25, 0.3) is 0 Å². The minimum atomic E-state index is -0.137. The van der Waals surface area contributed by atoms with Crippen molar-refractivity contribution in [2.24, 2.45) is 0 Å². The van der Waals surface area contributed by atoms with E-state index in [4.69, 9.17) is 11.7 Å². The fourth-order valence-electron chi connectivity index (χ4n) is 0.650. The average Bonchev–Trinajstić information content (AvgIpc) is 2.13. The number of hydrogen-bond donors (Lipinski definition) is 1. The van der Waals surface area contributed by atoms with E-state index >= 15 is 0 Å². The molecule has 0 aliphatic heterocycles. The molecule has 1 N–H and O–H groups in total. The Morgan fingerprint density at radius 2 is 2.14 bits per heavy atom. The molecule has 0 fully saturated rings. The third-order valence-corrected chi connectivity index (χ3v) is 2.55. The van der Waals surface area contributed by atoms with Crippen molar-refractivity contribution in [2.45, 2.75) is 6.92 Å². The fourth-order valence-corrected chi connectivity index (χ4v) is 1.59. The molecule has 0 spiro atoms. The molecule has 0 aromatic heterocycles. The first-order valence-electron chi connectivity index (χ1n) is 4.12. The summed E-state index contributed by atoms with van der Waals surface area (Å²) in [6.07, 6.45) is 3.50. The van der Waals surface area contributed by atoms with Crippen LogP contribution >= 0.6 is 0 Å². The molecule has 14 heavy (non-hydrogen) atoms. The van der Waals surface area contributed by atoms with Gasteiger partial charge in [-0.15, -0.1) is 0 Å². The molecule has 3 nitrogen and oxygen atoms in total. The number of nitrogens with zero attached hydrogens (tertiary/aromatic N) is 1. The molecule has 0 saturated carbocycles. The summed E-state index contributed by atoms with van der Waals surface area (Å²) >= 11 is 1.29. The van der Waals surface area contributed by atoms with Crippen molar-refractivity contribution in [1.29, 1.82) is 0 Å². The van der Waals surface area contributed by atoms with Crippen LogP contribution in [0.25, 0.3) is 0 Å². The first-order chi connectivity index (χ1) is 6.47. The molecule has 0 rings (SSSR count). The van der Waals surface area contributed by atoms with Gasteiger partial charge in [0.1, 0.15) is 0 Å². The molecular formula is C10H14NO2W-. The first kappa shape index (κ1) is 13.5. The SMILES string of the molecule is [CH-]=C(/C=C\[C](=[W])CN(C)C(C)=O)CO. The van der Waals surface area contributed by atoms with Gasteiger partial charge in [-0.05, 0) is 0 Å². The van der Waals surface area contributed by atoms with Gasteiger partial charge < -0.3 is 0 Å². The molecule has 4 heteroatoms. The van der Waals surface area contributed by atoms with Gasteiger partial charge in [0.05, 0.1) is 0 Å². The Balaban J connectivity index is 4.05. The van der Waals surface area contributed by atoms with E-state index in [9.17, 15) is 4.79 Å². The zero-order chi connectivity index (χ0) is 11.1. The summed E-state index contributed by atoms with van der Waals surface area (Å²) in [5.41, 5.74) is 0.425. The first-order valence-corrected chi connectivity index (χ1v) is 5.58. The Morgan fingerprint density at radius 1 is 1.57 bits per heavy atom. The third kappa shape index (κ3) is 6.00. The normalized spacial score (nSPS) is 10.2. The second-order valence-corrected chi connectivity index (χ2v) is 4.79. The van der Waals surface area contributed by atoms with Crippen LogP contribution in [0.15, 0.2) is 17.7 Å². The molecule has 0 unspecified atom stereocenters. The predicted octanol–water partition coefficient (Wildman–Crippen LogP) is 0.0918. The Kier molecular flexibility index (Phi) is 6.59. The zero-order valence-electron chi connectivity index (χ0n) is 8.36. The maximum atomic E-state index is 10.9. The number of hydrogen-bond acceptors (Lipinski definition) is 2. The minimum absolute atomic E-state index is 0.0382. The predicted molar refractivity (Wildman–Crippen MR) is 52.4 cm³/mol. The molecular weight excluding hydrogens is 350 g/mol. The van der Waals surface area contributed by atoms with Gasteiger partial charge in [-0.25, -0.2) is 0 Å². The van der Waals surface area contributed by atoms with Gasteiger partial charge in [-0.1, -0.05) is 0 Å².